The Hall–Kier alpha value is -2.14. The van der Waals surface area contributed by atoms with Crippen molar-refractivity contribution < 1.29 is 9.47 Å². The Labute approximate surface area is 112 Å². The van der Waals surface area contributed by atoms with Crippen LogP contribution in [0.3, 0.4) is 0 Å². The number of rotatable bonds is 4. The summed E-state index contributed by atoms with van der Waals surface area (Å²) in [4.78, 5) is 8.29. The molecule has 2 aromatic rings. The van der Waals surface area contributed by atoms with Gasteiger partial charge in [0, 0.05) is 13.2 Å². The van der Waals surface area contributed by atoms with Crippen LogP contribution < -0.4 is 10.5 Å². The predicted octanol–water partition coefficient (Wildman–Crippen LogP) is 2.61. The zero-order chi connectivity index (χ0) is 13.8. The van der Waals surface area contributed by atoms with Gasteiger partial charge >= 0.3 is 0 Å². The molecule has 0 unspecified atom stereocenters. The molecule has 0 saturated heterocycles. The molecule has 0 bridgehead atoms. The summed E-state index contributed by atoms with van der Waals surface area (Å²) in [6.45, 7) is 4.39. The quantitative estimate of drug-likeness (QED) is 0.913. The molecule has 19 heavy (non-hydrogen) atoms. The van der Waals surface area contributed by atoms with Gasteiger partial charge in [0.1, 0.15) is 18.2 Å². The zero-order valence-electron chi connectivity index (χ0n) is 11.3. The largest absolute Gasteiger partial charge is 0.439 e. The molecule has 0 amide bonds. The second-order valence-corrected chi connectivity index (χ2v) is 4.33. The SMILES string of the molecule is COCc1nc(N)cc(Oc2ccc(C)c(C)c2)n1. The molecule has 0 spiro atoms. The van der Waals surface area contributed by atoms with Crippen molar-refractivity contribution in [1.29, 1.82) is 0 Å². The number of benzene rings is 1. The Morgan fingerprint density at radius 2 is 1.89 bits per heavy atom. The van der Waals surface area contributed by atoms with E-state index in [9.17, 15) is 0 Å². The number of aromatic nitrogens is 2. The summed E-state index contributed by atoms with van der Waals surface area (Å²) in [5.41, 5.74) is 8.09. The summed E-state index contributed by atoms with van der Waals surface area (Å²) in [5.74, 6) is 2.01. The van der Waals surface area contributed by atoms with E-state index in [2.05, 4.69) is 16.9 Å². The van der Waals surface area contributed by atoms with Crippen LogP contribution >= 0.6 is 0 Å². The maximum Gasteiger partial charge on any atom is 0.224 e. The highest BCUT2D eigenvalue weighted by Crippen LogP contribution is 2.23. The van der Waals surface area contributed by atoms with Crippen molar-refractivity contribution in [1.82, 2.24) is 9.97 Å². The monoisotopic (exact) mass is 259 g/mol. The first-order chi connectivity index (χ1) is 9.08. The average molecular weight is 259 g/mol. The lowest BCUT2D eigenvalue weighted by atomic mass is 10.1. The smallest absolute Gasteiger partial charge is 0.224 e. The number of aryl methyl sites for hydroxylation is 2. The van der Waals surface area contributed by atoms with E-state index in [-0.39, 0.29) is 0 Å². The fourth-order valence-corrected chi connectivity index (χ4v) is 1.64. The van der Waals surface area contributed by atoms with Crippen LogP contribution in [-0.2, 0) is 11.3 Å². The Balaban J connectivity index is 2.24. The van der Waals surface area contributed by atoms with Gasteiger partial charge < -0.3 is 15.2 Å². The highest BCUT2D eigenvalue weighted by Gasteiger charge is 2.05. The van der Waals surface area contributed by atoms with E-state index in [0.717, 1.165) is 11.3 Å². The Morgan fingerprint density at radius 1 is 1.11 bits per heavy atom. The molecule has 0 aliphatic rings. The number of nitrogens with zero attached hydrogens (tertiary/aromatic N) is 2. The van der Waals surface area contributed by atoms with E-state index in [1.54, 1.807) is 13.2 Å². The van der Waals surface area contributed by atoms with Crippen molar-refractivity contribution in [2.45, 2.75) is 20.5 Å². The van der Waals surface area contributed by atoms with Crippen LogP contribution in [0.25, 0.3) is 0 Å². The van der Waals surface area contributed by atoms with Crippen molar-refractivity contribution in [2.24, 2.45) is 0 Å². The molecular formula is C14H17N3O2. The standard InChI is InChI=1S/C14H17N3O2/c1-9-4-5-11(6-10(9)2)19-14-7-12(15)16-13(17-14)8-18-3/h4-7H,8H2,1-3H3,(H2,15,16,17). The fourth-order valence-electron chi connectivity index (χ4n) is 1.64. The number of anilines is 1. The molecule has 0 aliphatic heterocycles. The summed E-state index contributed by atoms with van der Waals surface area (Å²) >= 11 is 0. The number of methoxy groups -OCH3 is 1. The molecule has 2 rings (SSSR count). The molecule has 0 saturated carbocycles. The molecule has 100 valence electrons. The Morgan fingerprint density at radius 3 is 2.58 bits per heavy atom. The molecule has 1 aromatic carbocycles. The predicted molar refractivity (Wildman–Crippen MR) is 73.1 cm³/mol. The van der Waals surface area contributed by atoms with Gasteiger partial charge in [-0.1, -0.05) is 6.07 Å². The van der Waals surface area contributed by atoms with Gasteiger partial charge in [-0.15, -0.1) is 0 Å². The fraction of sp³-hybridized carbons (Fsp3) is 0.286. The lowest BCUT2D eigenvalue weighted by molar-refractivity contribution is 0.177. The van der Waals surface area contributed by atoms with Gasteiger partial charge in [-0.3, -0.25) is 0 Å². The Bertz CT molecular complexity index is 585. The molecule has 0 aliphatic carbocycles. The highest BCUT2D eigenvalue weighted by atomic mass is 16.5. The van der Waals surface area contributed by atoms with Crippen LogP contribution in [-0.4, -0.2) is 17.1 Å². The van der Waals surface area contributed by atoms with Crippen molar-refractivity contribution >= 4 is 5.82 Å². The van der Waals surface area contributed by atoms with Crippen molar-refractivity contribution in [3.05, 3.63) is 41.2 Å². The second kappa shape index (κ2) is 5.67. The molecule has 0 fully saturated rings. The minimum absolute atomic E-state index is 0.300. The van der Waals surface area contributed by atoms with E-state index >= 15 is 0 Å². The first-order valence-electron chi connectivity index (χ1n) is 5.96. The van der Waals surface area contributed by atoms with E-state index in [1.807, 2.05) is 25.1 Å². The summed E-state index contributed by atoms with van der Waals surface area (Å²) in [6, 6.07) is 7.46. The van der Waals surface area contributed by atoms with Crippen LogP contribution in [0.1, 0.15) is 17.0 Å². The van der Waals surface area contributed by atoms with Gasteiger partial charge in [-0.25, -0.2) is 4.98 Å². The van der Waals surface area contributed by atoms with Gasteiger partial charge in [0.25, 0.3) is 0 Å². The minimum Gasteiger partial charge on any atom is -0.439 e. The third-order valence-corrected chi connectivity index (χ3v) is 2.74. The normalized spacial score (nSPS) is 10.5. The Kier molecular flexibility index (Phi) is 3.97. The molecule has 1 aromatic heterocycles. The van der Waals surface area contributed by atoms with Crippen molar-refractivity contribution in [3.8, 4) is 11.6 Å². The molecule has 5 nitrogen and oxygen atoms in total. The summed E-state index contributed by atoms with van der Waals surface area (Å²) < 4.78 is 10.7. The summed E-state index contributed by atoms with van der Waals surface area (Å²) in [7, 11) is 1.58. The maximum atomic E-state index is 5.71. The third kappa shape index (κ3) is 3.42. The second-order valence-electron chi connectivity index (χ2n) is 4.33. The van der Waals surface area contributed by atoms with Crippen LogP contribution in [0.5, 0.6) is 11.6 Å². The lowest BCUT2D eigenvalue weighted by Gasteiger charge is -2.08. The third-order valence-electron chi connectivity index (χ3n) is 2.74. The van der Waals surface area contributed by atoms with Crippen LogP contribution in [0, 0.1) is 13.8 Å². The van der Waals surface area contributed by atoms with E-state index < -0.39 is 0 Å². The minimum atomic E-state index is 0.300. The van der Waals surface area contributed by atoms with Crippen molar-refractivity contribution in [3.63, 3.8) is 0 Å². The van der Waals surface area contributed by atoms with E-state index in [4.69, 9.17) is 15.2 Å². The van der Waals surface area contributed by atoms with Gasteiger partial charge in [0.05, 0.1) is 0 Å². The van der Waals surface area contributed by atoms with E-state index in [0.29, 0.717) is 24.1 Å². The van der Waals surface area contributed by atoms with Crippen LogP contribution in [0.2, 0.25) is 0 Å². The molecule has 0 atom stereocenters. The molecule has 5 heteroatoms. The van der Waals surface area contributed by atoms with Crippen LogP contribution in [0.15, 0.2) is 24.3 Å². The van der Waals surface area contributed by atoms with Crippen LogP contribution in [0.4, 0.5) is 5.82 Å². The average Bonchev–Trinajstić information content (AvgIpc) is 2.33. The molecule has 0 radical (unpaired) electrons. The number of hydrogen-bond donors (Lipinski definition) is 1. The first-order valence-corrected chi connectivity index (χ1v) is 5.96. The summed E-state index contributed by atoms with van der Waals surface area (Å²) in [5, 5.41) is 0. The molecule has 1 heterocycles. The number of hydrogen-bond acceptors (Lipinski definition) is 5. The van der Waals surface area contributed by atoms with Gasteiger partial charge in [0.2, 0.25) is 5.88 Å². The van der Waals surface area contributed by atoms with Gasteiger partial charge in [0.15, 0.2) is 5.82 Å². The summed E-state index contributed by atoms with van der Waals surface area (Å²) in [6.07, 6.45) is 0. The molecular weight excluding hydrogens is 242 g/mol. The first kappa shape index (κ1) is 13.3. The topological polar surface area (TPSA) is 70.3 Å². The van der Waals surface area contributed by atoms with Gasteiger partial charge in [-0.05, 0) is 37.1 Å². The number of nitrogens with two attached hydrogens (primary N) is 1. The maximum absolute atomic E-state index is 5.71. The molecule has 2 N–H and O–H groups in total. The number of ether oxygens (including phenoxy) is 2. The van der Waals surface area contributed by atoms with E-state index in [1.165, 1.54) is 5.56 Å². The highest BCUT2D eigenvalue weighted by molar-refractivity contribution is 5.38. The van der Waals surface area contributed by atoms with Crippen molar-refractivity contribution in [2.75, 3.05) is 12.8 Å². The van der Waals surface area contributed by atoms with Gasteiger partial charge in [-0.2, -0.15) is 4.98 Å². The zero-order valence-corrected chi connectivity index (χ0v) is 11.3. The number of nitrogen functional groups attached to an aromatic ring is 1. The lowest BCUT2D eigenvalue weighted by Crippen LogP contribution is -2.02.